The molecule has 0 saturated carbocycles. The Kier molecular flexibility index (Phi) is 8.77. The highest BCUT2D eigenvalue weighted by Gasteiger charge is 2.13. The summed E-state index contributed by atoms with van der Waals surface area (Å²) in [4.78, 5) is 23.1. The average Bonchev–Trinajstić information content (AvgIpc) is 2.58. The van der Waals surface area contributed by atoms with Crippen molar-refractivity contribution in [2.24, 2.45) is 11.0 Å². The minimum absolute atomic E-state index is 0.253. The van der Waals surface area contributed by atoms with Gasteiger partial charge in [-0.2, -0.15) is 5.10 Å². The minimum Gasteiger partial charge on any atom is -0.493 e. The number of hydrazone groups is 1. The summed E-state index contributed by atoms with van der Waals surface area (Å²) in [6, 6.07) is 3.30. The molecule has 1 aromatic carbocycles. The molecule has 0 heterocycles. The van der Waals surface area contributed by atoms with Crippen LogP contribution in [0.1, 0.15) is 32.8 Å². The van der Waals surface area contributed by atoms with Gasteiger partial charge in [0.05, 0.1) is 25.0 Å². The first kappa shape index (κ1) is 20.8. The molecule has 0 atom stereocenters. The number of hydrogen-bond donors (Lipinski definition) is 2. The second-order valence-electron chi connectivity index (χ2n) is 5.69. The summed E-state index contributed by atoms with van der Waals surface area (Å²) >= 11 is 6.19. The second kappa shape index (κ2) is 10.6. The van der Waals surface area contributed by atoms with Crippen LogP contribution in [0.3, 0.4) is 0 Å². The number of halogens is 1. The molecule has 7 nitrogen and oxygen atoms in total. The van der Waals surface area contributed by atoms with E-state index in [4.69, 9.17) is 21.1 Å². The van der Waals surface area contributed by atoms with Gasteiger partial charge in [-0.25, -0.2) is 5.43 Å². The predicted molar refractivity (Wildman–Crippen MR) is 97.4 cm³/mol. The fourth-order valence-electron chi connectivity index (χ4n) is 1.75. The largest absolute Gasteiger partial charge is 0.493 e. The Morgan fingerprint density at radius 1 is 1.32 bits per heavy atom. The Morgan fingerprint density at radius 2 is 2.04 bits per heavy atom. The molecule has 138 valence electrons. The summed E-state index contributed by atoms with van der Waals surface area (Å²) in [5.41, 5.74) is 2.76. The highest BCUT2D eigenvalue weighted by molar-refractivity contribution is 6.35. The zero-order chi connectivity index (χ0) is 18.8. The van der Waals surface area contributed by atoms with Gasteiger partial charge in [-0.3, -0.25) is 9.59 Å². The molecular weight excluding hydrogens is 346 g/mol. The van der Waals surface area contributed by atoms with E-state index in [0.29, 0.717) is 35.2 Å². The van der Waals surface area contributed by atoms with Gasteiger partial charge in [-0.15, -0.1) is 0 Å². The molecule has 0 unspecified atom stereocenters. The van der Waals surface area contributed by atoms with E-state index in [1.165, 1.54) is 13.3 Å². The van der Waals surface area contributed by atoms with E-state index in [-0.39, 0.29) is 5.92 Å². The molecular formula is C17H24ClN3O4. The van der Waals surface area contributed by atoms with Crippen molar-refractivity contribution < 1.29 is 19.1 Å². The van der Waals surface area contributed by atoms with Crippen LogP contribution in [0.4, 0.5) is 0 Å². The van der Waals surface area contributed by atoms with Gasteiger partial charge < -0.3 is 14.8 Å². The summed E-state index contributed by atoms with van der Waals surface area (Å²) in [5, 5.41) is 6.63. The Hall–Kier alpha value is -2.28. The number of ether oxygens (including phenoxy) is 2. The lowest BCUT2D eigenvalue weighted by Gasteiger charge is -2.12. The SMILES string of the molecule is CCCOc1c(Cl)cc(/C=N\NC(=O)C(=O)NCC(C)C)cc1OC. The molecule has 0 saturated heterocycles. The number of amides is 2. The molecule has 0 fully saturated rings. The van der Waals surface area contributed by atoms with Gasteiger partial charge in [-0.1, -0.05) is 32.4 Å². The van der Waals surface area contributed by atoms with Gasteiger partial charge in [-0.05, 0) is 30.0 Å². The maximum Gasteiger partial charge on any atom is 0.329 e. The fourth-order valence-corrected chi connectivity index (χ4v) is 2.03. The molecule has 2 N–H and O–H groups in total. The molecule has 0 bridgehead atoms. The first-order valence-electron chi connectivity index (χ1n) is 8.00. The van der Waals surface area contributed by atoms with Crippen LogP contribution in [0.25, 0.3) is 0 Å². The number of carbonyl (C=O) groups is 2. The minimum atomic E-state index is -0.835. The van der Waals surface area contributed by atoms with E-state index in [1.54, 1.807) is 12.1 Å². The number of nitrogens with zero attached hydrogens (tertiary/aromatic N) is 1. The number of carbonyl (C=O) groups excluding carboxylic acids is 2. The molecule has 0 aliphatic heterocycles. The topological polar surface area (TPSA) is 89.0 Å². The summed E-state index contributed by atoms with van der Waals surface area (Å²) in [6.45, 7) is 6.79. The molecule has 25 heavy (non-hydrogen) atoms. The van der Waals surface area contributed by atoms with E-state index in [9.17, 15) is 9.59 Å². The van der Waals surface area contributed by atoms with Crippen LogP contribution in [-0.2, 0) is 9.59 Å². The number of hydrogen-bond acceptors (Lipinski definition) is 5. The third kappa shape index (κ3) is 7.01. The van der Waals surface area contributed by atoms with Crippen molar-refractivity contribution in [3.63, 3.8) is 0 Å². The van der Waals surface area contributed by atoms with Crippen LogP contribution in [0, 0.1) is 5.92 Å². The molecule has 0 radical (unpaired) electrons. The molecule has 0 spiro atoms. The quantitative estimate of drug-likeness (QED) is 0.418. The number of rotatable bonds is 8. The second-order valence-corrected chi connectivity index (χ2v) is 6.09. The van der Waals surface area contributed by atoms with Crippen LogP contribution < -0.4 is 20.2 Å². The molecule has 0 aliphatic rings. The number of methoxy groups -OCH3 is 1. The lowest BCUT2D eigenvalue weighted by molar-refractivity contribution is -0.139. The predicted octanol–water partition coefficient (Wildman–Crippen LogP) is 2.36. The van der Waals surface area contributed by atoms with E-state index >= 15 is 0 Å². The molecule has 1 rings (SSSR count). The number of nitrogens with one attached hydrogen (secondary N) is 2. The van der Waals surface area contributed by atoms with E-state index in [1.807, 2.05) is 20.8 Å². The Balaban J connectivity index is 2.72. The normalized spacial score (nSPS) is 10.8. The van der Waals surface area contributed by atoms with E-state index in [2.05, 4.69) is 15.8 Å². The van der Waals surface area contributed by atoms with Crippen molar-refractivity contribution in [3.8, 4) is 11.5 Å². The van der Waals surface area contributed by atoms with Gasteiger partial charge in [0.15, 0.2) is 11.5 Å². The molecule has 0 aromatic heterocycles. The van der Waals surface area contributed by atoms with Crippen molar-refractivity contribution >= 4 is 29.6 Å². The third-order valence-electron chi connectivity index (χ3n) is 2.96. The smallest absolute Gasteiger partial charge is 0.329 e. The Bertz CT molecular complexity index is 633. The van der Waals surface area contributed by atoms with E-state index < -0.39 is 11.8 Å². The molecule has 8 heteroatoms. The molecule has 1 aromatic rings. The summed E-state index contributed by atoms with van der Waals surface area (Å²) < 4.78 is 10.8. The first-order chi connectivity index (χ1) is 11.9. The van der Waals surface area contributed by atoms with Gasteiger partial charge in [0.1, 0.15) is 0 Å². The zero-order valence-electron chi connectivity index (χ0n) is 14.9. The molecule has 0 aliphatic carbocycles. The molecule has 2 amide bonds. The first-order valence-corrected chi connectivity index (χ1v) is 8.38. The van der Waals surface area contributed by atoms with Crippen LogP contribution >= 0.6 is 11.6 Å². The van der Waals surface area contributed by atoms with Gasteiger partial charge in [0.25, 0.3) is 0 Å². The van der Waals surface area contributed by atoms with Gasteiger partial charge >= 0.3 is 11.8 Å². The summed E-state index contributed by atoms with van der Waals surface area (Å²) in [5.74, 6) is -0.394. The maximum atomic E-state index is 11.6. The highest BCUT2D eigenvalue weighted by Crippen LogP contribution is 2.36. The number of benzene rings is 1. The van der Waals surface area contributed by atoms with Crippen molar-refractivity contribution in [3.05, 3.63) is 22.7 Å². The van der Waals surface area contributed by atoms with Crippen molar-refractivity contribution in [1.82, 2.24) is 10.7 Å². The lowest BCUT2D eigenvalue weighted by Crippen LogP contribution is -2.39. The van der Waals surface area contributed by atoms with Gasteiger partial charge in [0.2, 0.25) is 0 Å². The van der Waals surface area contributed by atoms with Crippen LogP contribution in [0.15, 0.2) is 17.2 Å². The van der Waals surface area contributed by atoms with Gasteiger partial charge in [0, 0.05) is 6.54 Å². The maximum absolute atomic E-state index is 11.6. The van der Waals surface area contributed by atoms with Crippen molar-refractivity contribution in [2.45, 2.75) is 27.2 Å². The third-order valence-corrected chi connectivity index (χ3v) is 3.24. The van der Waals surface area contributed by atoms with Crippen LogP contribution in [0.2, 0.25) is 5.02 Å². The standard InChI is InChI=1S/C17H24ClN3O4/c1-5-6-25-15-13(18)7-12(8-14(15)24-4)10-20-21-17(23)16(22)19-9-11(2)3/h7-8,10-11H,5-6,9H2,1-4H3,(H,19,22)(H,21,23)/b20-10-. The Labute approximate surface area is 152 Å². The summed E-state index contributed by atoms with van der Waals surface area (Å²) in [7, 11) is 1.51. The van der Waals surface area contributed by atoms with Crippen LogP contribution in [-0.4, -0.2) is 38.3 Å². The zero-order valence-corrected chi connectivity index (χ0v) is 15.6. The lowest BCUT2D eigenvalue weighted by atomic mass is 10.2. The van der Waals surface area contributed by atoms with Crippen molar-refractivity contribution in [1.29, 1.82) is 0 Å². The average molecular weight is 370 g/mol. The Morgan fingerprint density at radius 3 is 2.64 bits per heavy atom. The van der Waals surface area contributed by atoms with E-state index in [0.717, 1.165) is 6.42 Å². The monoisotopic (exact) mass is 369 g/mol. The highest BCUT2D eigenvalue weighted by atomic mass is 35.5. The van der Waals surface area contributed by atoms with Crippen LogP contribution in [0.5, 0.6) is 11.5 Å². The summed E-state index contributed by atoms with van der Waals surface area (Å²) in [6.07, 6.45) is 2.21. The van der Waals surface area contributed by atoms with Crippen molar-refractivity contribution in [2.75, 3.05) is 20.3 Å². The fraction of sp³-hybridized carbons (Fsp3) is 0.471.